The van der Waals surface area contributed by atoms with Gasteiger partial charge in [0.05, 0.1) is 10.5 Å². The molecule has 1 rings (SSSR count). The van der Waals surface area contributed by atoms with Crippen molar-refractivity contribution in [1.82, 2.24) is 0 Å². The predicted octanol–water partition coefficient (Wildman–Crippen LogP) is 1.28. The van der Waals surface area contributed by atoms with Gasteiger partial charge >= 0.3 is 5.97 Å². The van der Waals surface area contributed by atoms with Crippen molar-refractivity contribution in [2.24, 2.45) is 0 Å². The number of nitro benzene ring substituents is 1. The smallest absolute Gasteiger partial charge is 0.338 e. The summed E-state index contributed by atoms with van der Waals surface area (Å²) in [6.45, 7) is 1.20. The fourth-order valence-electron chi connectivity index (χ4n) is 1.36. The lowest BCUT2D eigenvalue weighted by Gasteiger charge is -2.17. The van der Waals surface area contributed by atoms with Crippen molar-refractivity contribution >= 4 is 23.3 Å². The zero-order chi connectivity index (χ0) is 13.2. The average molecular weight is 238 g/mol. The third-order valence-electron chi connectivity index (χ3n) is 2.25. The summed E-state index contributed by atoms with van der Waals surface area (Å²) < 4.78 is 0. The van der Waals surface area contributed by atoms with Gasteiger partial charge in [-0.3, -0.25) is 14.9 Å². The van der Waals surface area contributed by atoms with Crippen LogP contribution in [-0.2, 0) is 4.79 Å². The Bertz CT molecular complexity index is 465. The Morgan fingerprint density at radius 3 is 2.41 bits per heavy atom. The van der Waals surface area contributed by atoms with Crippen molar-refractivity contribution in [2.75, 3.05) is 11.9 Å². The molecule has 7 nitrogen and oxygen atoms in total. The standard InChI is InChI=1S/C10H10N2O5/c1-6(13)11(2)9-7(10(14)15)4-3-5-8(9)12(16)17/h3-5H,1-2H3,(H,14,15). The van der Waals surface area contributed by atoms with Crippen LogP contribution in [0.15, 0.2) is 18.2 Å². The molecule has 0 unspecified atom stereocenters. The summed E-state index contributed by atoms with van der Waals surface area (Å²) in [6.07, 6.45) is 0. The van der Waals surface area contributed by atoms with Gasteiger partial charge in [-0.25, -0.2) is 4.79 Å². The summed E-state index contributed by atoms with van der Waals surface area (Å²) in [4.78, 5) is 33.2. The molecule has 0 heterocycles. The molecule has 1 aromatic carbocycles. The fourth-order valence-corrected chi connectivity index (χ4v) is 1.36. The minimum absolute atomic E-state index is 0.211. The lowest BCUT2D eigenvalue weighted by atomic mass is 10.1. The highest BCUT2D eigenvalue weighted by Gasteiger charge is 2.25. The number of nitrogens with zero attached hydrogens (tertiary/aromatic N) is 2. The average Bonchev–Trinajstić information content (AvgIpc) is 2.26. The van der Waals surface area contributed by atoms with Crippen LogP contribution in [0.25, 0.3) is 0 Å². The number of benzene rings is 1. The van der Waals surface area contributed by atoms with Crippen molar-refractivity contribution in [1.29, 1.82) is 0 Å². The molecule has 0 saturated carbocycles. The van der Waals surface area contributed by atoms with Gasteiger partial charge in [-0.1, -0.05) is 6.07 Å². The minimum atomic E-state index is -1.32. The summed E-state index contributed by atoms with van der Waals surface area (Å²) in [6, 6.07) is 3.63. The number of hydrogen-bond donors (Lipinski definition) is 1. The number of rotatable bonds is 3. The summed E-state index contributed by atoms with van der Waals surface area (Å²) >= 11 is 0. The van der Waals surface area contributed by atoms with Crippen LogP contribution in [-0.4, -0.2) is 29.0 Å². The molecule has 0 aliphatic heterocycles. The molecule has 90 valence electrons. The normalized spacial score (nSPS) is 9.76. The number of amides is 1. The highest BCUT2D eigenvalue weighted by molar-refractivity contribution is 6.03. The van der Waals surface area contributed by atoms with Crippen LogP contribution in [0.1, 0.15) is 17.3 Å². The Kier molecular flexibility index (Phi) is 3.42. The van der Waals surface area contributed by atoms with E-state index in [1.165, 1.54) is 26.1 Å². The molecule has 1 amide bonds. The highest BCUT2D eigenvalue weighted by Crippen LogP contribution is 2.31. The lowest BCUT2D eigenvalue weighted by molar-refractivity contribution is -0.384. The molecule has 0 aliphatic carbocycles. The number of carboxylic acid groups (broad SMARTS) is 1. The minimum Gasteiger partial charge on any atom is -0.478 e. The van der Waals surface area contributed by atoms with Crippen molar-refractivity contribution in [3.63, 3.8) is 0 Å². The number of carbonyl (C=O) groups excluding carboxylic acids is 1. The summed E-state index contributed by atoms with van der Waals surface area (Å²) in [5.74, 6) is -1.81. The van der Waals surface area contributed by atoms with Crippen LogP contribution in [0.4, 0.5) is 11.4 Å². The molecular weight excluding hydrogens is 228 g/mol. The molecule has 0 aromatic heterocycles. The lowest BCUT2D eigenvalue weighted by Crippen LogP contribution is -2.26. The maximum Gasteiger partial charge on any atom is 0.338 e. The van der Waals surface area contributed by atoms with Crippen molar-refractivity contribution in [2.45, 2.75) is 6.92 Å². The second kappa shape index (κ2) is 4.60. The third kappa shape index (κ3) is 2.39. The van der Waals surface area contributed by atoms with Gasteiger partial charge in [-0.2, -0.15) is 0 Å². The molecule has 0 saturated heterocycles. The van der Waals surface area contributed by atoms with Crippen molar-refractivity contribution in [3.05, 3.63) is 33.9 Å². The zero-order valence-corrected chi connectivity index (χ0v) is 9.21. The first-order valence-corrected chi connectivity index (χ1v) is 4.61. The maximum absolute atomic E-state index is 11.2. The number of carboxylic acids is 1. The monoisotopic (exact) mass is 238 g/mol. The number of hydrogen-bond acceptors (Lipinski definition) is 4. The van der Waals surface area contributed by atoms with Gasteiger partial charge in [0.25, 0.3) is 5.69 Å². The molecule has 0 spiro atoms. The highest BCUT2D eigenvalue weighted by atomic mass is 16.6. The van der Waals surface area contributed by atoms with Crippen LogP contribution in [0.5, 0.6) is 0 Å². The van der Waals surface area contributed by atoms with Crippen molar-refractivity contribution < 1.29 is 19.6 Å². The number of nitro groups is 1. The first kappa shape index (κ1) is 12.6. The SMILES string of the molecule is CC(=O)N(C)c1c(C(=O)O)cccc1[N+](=O)[O-]. The first-order chi connectivity index (χ1) is 7.86. The first-order valence-electron chi connectivity index (χ1n) is 4.61. The number of aromatic carboxylic acids is 1. The number of anilines is 1. The van der Waals surface area contributed by atoms with E-state index in [2.05, 4.69) is 0 Å². The summed E-state index contributed by atoms with van der Waals surface area (Å²) in [5.41, 5.74) is -0.906. The second-order valence-electron chi connectivity index (χ2n) is 3.31. The molecular formula is C10H10N2O5. The van der Waals surface area contributed by atoms with Crippen LogP contribution in [0.3, 0.4) is 0 Å². The maximum atomic E-state index is 11.2. The van der Waals surface area contributed by atoms with Crippen LogP contribution in [0.2, 0.25) is 0 Å². The van der Waals surface area contributed by atoms with E-state index in [0.29, 0.717) is 0 Å². The van der Waals surface area contributed by atoms with E-state index in [9.17, 15) is 19.7 Å². The van der Waals surface area contributed by atoms with Crippen molar-refractivity contribution in [3.8, 4) is 0 Å². The van der Waals surface area contributed by atoms with Crippen LogP contribution >= 0.6 is 0 Å². The molecule has 0 bridgehead atoms. The third-order valence-corrected chi connectivity index (χ3v) is 2.25. The van der Waals surface area contributed by atoms with E-state index >= 15 is 0 Å². The van der Waals surface area contributed by atoms with Gasteiger partial charge in [0.1, 0.15) is 5.69 Å². The van der Waals surface area contributed by atoms with Crippen LogP contribution < -0.4 is 4.90 Å². The summed E-state index contributed by atoms with van der Waals surface area (Å²) in [7, 11) is 1.29. The Labute approximate surface area is 96.4 Å². The fraction of sp³-hybridized carbons (Fsp3) is 0.200. The van der Waals surface area contributed by atoms with E-state index in [1.807, 2.05) is 0 Å². The van der Waals surface area contributed by atoms with E-state index in [4.69, 9.17) is 5.11 Å². The van der Waals surface area contributed by atoms with Gasteiger partial charge in [0, 0.05) is 20.0 Å². The Balaban J connectivity index is 3.54. The van der Waals surface area contributed by atoms with Gasteiger partial charge in [-0.05, 0) is 6.07 Å². The molecule has 0 aliphatic rings. The Morgan fingerprint density at radius 2 is 2.00 bits per heavy atom. The van der Waals surface area contributed by atoms with Gasteiger partial charge < -0.3 is 10.0 Å². The Morgan fingerprint density at radius 1 is 1.41 bits per heavy atom. The molecule has 0 fully saturated rings. The molecule has 17 heavy (non-hydrogen) atoms. The van der Waals surface area contributed by atoms with E-state index in [1.54, 1.807) is 0 Å². The molecule has 1 aromatic rings. The quantitative estimate of drug-likeness (QED) is 0.631. The summed E-state index contributed by atoms with van der Waals surface area (Å²) in [5, 5.41) is 19.7. The van der Waals surface area contributed by atoms with Gasteiger partial charge in [0.2, 0.25) is 5.91 Å². The second-order valence-corrected chi connectivity index (χ2v) is 3.31. The predicted molar refractivity (Wildman–Crippen MR) is 59.1 cm³/mol. The number of carbonyl (C=O) groups is 2. The molecule has 1 N–H and O–H groups in total. The molecule has 0 radical (unpaired) electrons. The number of para-hydroxylation sites is 1. The van der Waals surface area contributed by atoms with E-state index in [0.717, 1.165) is 11.0 Å². The topological polar surface area (TPSA) is 101 Å². The van der Waals surface area contributed by atoms with Gasteiger partial charge in [-0.15, -0.1) is 0 Å². The van der Waals surface area contributed by atoms with E-state index in [-0.39, 0.29) is 11.3 Å². The Hall–Kier alpha value is -2.44. The largest absolute Gasteiger partial charge is 0.478 e. The molecule has 7 heteroatoms. The van der Waals surface area contributed by atoms with Gasteiger partial charge in [0.15, 0.2) is 0 Å². The van der Waals surface area contributed by atoms with Crippen LogP contribution in [0, 0.1) is 10.1 Å². The zero-order valence-electron chi connectivity index (χ0n) is 9.21. The molecule has 0 atom stereocenters. The van der Waals surface area contributed by atoms with E-state index < -0.39 is 22.5 Å².